The summed E-state index contributed by atoms with van der Waals surface area (Å²) in [5.74, 6) is 0.818. The average Bonchev–Trinajstić information content (AvgIpc) is 3.26. The van der Waals surface area contributed by atoms with Crippen LogP contribution in [0.4, 0.5) is 21.6 Å². The average molecular weight is 474 g/mol. The van der Waals surface area contributed by atoms with Crippen molar-refractivity contribution >= 4 is 38.8 Å². The quantitative estimate of drug-likeness (QED) is 0.393. The van der Waals surface area contributed by atoms with Crippen LogP contribution in [0, 0.1) is 5.82 Å². The first kappa shape index (κ1) is 21.6. The molecule has 0 atom stereocenters. The molecular formula is C21H17ClFN5O3S. The highest BCUT2D eigenvalue weighted by molar-refractivity contribution is 7.92. The van der Waals surface area contributed by atoms with Gasteiger partial charge < -0.3 is 14.6 Å². The third-order valence-corrected chi connectivity index (χ3v) is 5.02. The van der Waals surface area contributed by atoms with Crippen molar-refractivity contribution in [3.63, 3.8) is 0 Å². The lowest BCUT2D eigenvalue weighted by Gasteiger charge is -2.12. The Kier molecular flexibility index (Phi) is 5.97. The molecule has 0 saturated heterocycles. The number of rotatable bonds is 7. The van der Waals surface area contributed by atoms with E-state index >= 15 is 0 Å². The first-order valence-electron chi connectivity index (χ1n) is 9.25. The number of anilines is 3. The Morgan fingerprint density at radius 3 is 2.34 bits per heavy atom. The summed E-state index contributed by atoms with van der Waals surface area (Å²) in [4.78, 5) is 8.78. The number of nitrogens with one attached hydrogen (secondary N) is 2. The van der Waals surface area contributed by atoms with Gasteiger partial charge in [0.15, 0.2) is 0 Å². The SMILES string of the molecule is CS(=O)(=O)Nc1ccc(Oc2nc(Nc3ccc(F)c(Cl)c3)cc(-n3cccc3)n2)cc1. The lowest BCUT2D eigenvalue weighted by Crippen LogP contribution is -2.09. The molecule has 0 aliphatic heterocycles. The zero-order chi connectivity index (χ0) is 22.7. The molecule has 0 unspecified atom stereocenters. The molecule has 4 aromatic rings. The van der Waals surface area contributed by atoms with E-state index in [0.29, 0.717) is 28.8 Å². The summed E-state index contributed by atoms with van der Waals surface area (Å²) in [6.07, 6.45) is 4.70. The van der Waals surface area contributed by atoms with Crippen LogP contribution in [0.1, 0.15) is 0 Å². The molecule has 4 rings (SSSR count). The topological polar surface area (TPSA) is 98.1 Å². The van der Waals surface area contributed by atoms with E-state index in [9.17, 15) is 12.8 Å². The molecule has 0 fully saturated rings. The monoisotopic (exact) mass is 473 g/mol. The third-order valence-electron chi connectivity index (χ3n) is 4.12. The number of sulfonamides is 1. The Balaban J connectivity index is 1.63. The van der Waals surface area contributed by atoms with E-state index in [0.717, 1.165) is 6.26 Å². The predicted octanol–water partition coefficient (Wildman–Crippen LogP) is 4.97. The van der Waals surface area contributed by atoms with Crippen molar-refractivity contribution in [1.29, 1.82) is 0 Å². The standard InChI is InChI=1S/C21H17ClFN5O3S/c1-32(29,30)27-14-4-7-16(8-5-14)31-21-25-19(13-20(26-21)28-10-2-3-11-28)24-15-6-9-18(23)17(22)12-15/h2-13,27H,1H3,(H,24,25,26). The van der Waals surface area contributed by atoms with Crippen LogP contribution in [0.3, 0.4) is 0 Å². The number of aromatic nitrogens is 3. The molecule has 0 bridgehead atoms. The Morgan fingerprint density at radius 2 is 1.69 bits per heavy atom. The van der Waals surface area contributed by atoms with Gasteiger partial charge in [-0.25, -0.2) is 12.8 Å². The summed E-state index contributed by atoms with van der Waals surface area (Å²) in [5, 5.41) is 3.04. The summed E-state index contributed by atoms with van der Waals surface area (Å²) in [5.41, 5.74) is 0.938. The lowest BCUT2D eigenvalue weighted by atomic mass is 10.3. The molecule has 2 aromatic heterocycles. The normalized spacial score (nSPS) is 11.2. The molecule has 0 saturated carbocycles. The molecule has 2 aromatic carbocycles. The highest BCUT2D eigenvalue weighted by Crippen LogP contribution is 2.26. The fourth-order valence-corrected chi connectivity index (χ4v) is 3.52. The maximum atomic E-state index is 13.5. The molecule has 8 nitrogen and oxygen atoms in total. The number of nitrogens with zero attached hydrogens (tertiary/aromatic N) is 3. The molecule has 32 heavy (non-hydrogen) atoms. The lowest BCUT2D eigenvalue weighted by molar-refractivity contribution is 0.442. The zero-order valence-corrected chi connectivity index (χ0v) is 18.2. The van der Waals surface area contributed by atoms with Gasteiger partial charge in [0.2, 0.25) is 10.0 Å². The minimum absolute atomic E-state index is 0.0195. The van der Waals surface area contributed by atoms with E-state index in [1.165, 1.54) is 18.2 Å². The van der Waals surface area contributed by atoms with Crippen LogP contribution in [-0.4, -0.2) is 29.2 Å². The molecule has 0 aliphatic carbocycles. The fraction of sp³-hybridized carbons (Fsp3) is 0.0476. The van der Waals surface area contributed by atoms with Gasteiger partial charge in [0, 0.05) is 29.8 Å². The van der Waals surface area contributed by atoms with Crippen LogP contribution < -0.4 is 14.8 Å². The Labute approximate surface area is 188 Å². The number of halogens is 2. The summed E-state index contributed by atoms with van der Waals surface area (Å²) in [6, 6.07) is 16.0. The Bertz CT molecular complexity index is 1350. The number of benzene rings is 2. The van der Waals surface area contributed by atoms with Crippen molar-refractivity contribution in [1.82, 2.24) is 14.5 Å². The second-order valence-electron chi connectivity index (χ2n) is 6.74. The van der Waals surface area contributed by atoms with Gasteiger partial charge in [-0.3, -0.25) is 4.72 Å². The fourth-order valence-electron chi connectivity index (χ4n) is 2.77. The third kappa shape index (κ3) is 5.54. The Hall–Kier alpha value is -3.63. The number of ether oxygens (including phenoxy) is 1. The second kappa shape index (κ2) is 8.85. The van der Waals surface area contributed by atoms with Gasteiger partial charge in [0.1, 0.15) is 23.2 Å². The second-order valence-corrected chi connectivity index (χ2v) is 8.89. The van der Waals surface area contributed by atoms with Gasteiger partial charge in [0.05, 0.1) is 11.3 Å². The summed E-state index contributed by atoms with van der Waals surface area (Å²) < 4.78 is 46.1. The van der Waals surface area contributed by atoms with Gasteiger partial charge >= 0.3 is 6.01 Å². The van der Waals surface area contributed by atoms with Crippen molar-refractivity contribution in [3.8, 4) is 17.6 Å². The molecule has 11 heteroatoms. The van der Waals surface area contributed by atoms with E-state index in [1.807, 2.05) is 24.5 Å². The van der Waals surface area contributed by atoms with E-state index in [2.05, 4.69) is 20.0 Å². The van der Waals surface area contributed by atoms with Crippen LogP contribution in [0.25, 0.3) is 5.82 Å². The van der Waals surface area contributed by atoms with Crippen LogP contribution in [-0.2, 0) is 10.0 Å². The smallest absolute Gasteiger partial charge is 0.325 e. The molecule has 2 heterocycles. The van der Waals surface area contributed by atoms with Crippen molar-refractivity contribution < 1.29 is 17.5 Å². The maximum Gasteiger partial charge on any atom is 0.325 e. The zero-order valence-electron chi connectivity index (χ0n) is 16.7. The summed E-state index contributed by atoms with van der Waals surface area (Å²) >= 11 is 5.86. The van der Waals surface area contributed by atoms with Gasteiger partial charge in [-0.2, -0.15) is 9.97 Å². The number of hydrogen-bond donors (Lipinski definition) is 2. The van der Waals surface area contributed by atoms with E-state index in [1.54, 1.807) is 34.9 Å². The first-order chi connectivity index (χ1) is 15.2. The first-order valence-corrected chi connectivity index (χ1v) is 11.5. The van der Waals surface area contributed by atoms with Crippen LogP contribution in [0.15, 0.2) is 73.1 Å². The van der Waals surface area contributed by atoms with E-state index < -0.39 is 15.8 Å². The van der Waals surface area contributed by atoms with Crippen LogP contribution in [0.2, 0.25) is 5.02 Å². The largest absolute Gasteiger partial charge is 0.424 e. The van der Waals surface area contributed by atoms with Crippen molar-refractivity contribution in [2.45, 2.75) is 0 Å². The molecule has 2 N–H and O–H groups in total. The predicted molar refractivity (Wildman–Crippen MR) is 121 cm³/mol. The van der Waals surface area contributed by atoms with Gasteiger partial charge in [-0.15, -0.1) is 0 Å². The molecular weight excluding hydrogens is 457 g/mol. The van der Waals surface area contributed by atoms with Gasteiger partial charge in [-0.05, 0) is 54.6 Å². The van der Waals surface area contributed by atoms with Crippen molar-refractivity contribution in [2.24, 2.45) is 0 Å². The minimum atomic E-state index is -3.38. The summed E-state index contributed by atoms with van der Waals surface area (Å²) in [6.45, 7) is 0. The molecule has 0 aliphatic rings. The molecule has 0 radical (unpaired) electrons. The van der Waals surface area contributed by atoms with E-state index in [4.69, 9.17) is 16.3 Å². The minimum Gasteiger partial charge on any atom is -0.424 e. The van der Waals surface area contributed by atoms with Gasteiger partial charge in [0.25, 0.3) is 0 Å². The Morgan fingerprint density at radius 1 is 1.00 bits per heavy atom. The van der Waals surface area contributed by atoms with E-state index in [-0.39, 0.29) is 11.0 Å². The highest BCUT2D eigenvalue weighted by Gasteiger charge is 2.10. The maximum absolute atomic E-state index is 13.5. The molecule has 0 spiro atoms. The van der Waals surface area contributed by atoms with Crippen LogP contribution in [0.5, 0.6) is 11.8 Å². The van der Waals surface area contributed by atoms with Crippen molar-refractivity contribution in [2.75, 3.05) is 16.3 Å². The molecule has 0 amide bonds. The number of hydrogen-bond acceptors (Lipinski definition) is 6. The van der Waals surface area contributed by atoms with Crippen molar-refractivity contribution in [3.05, 3.63) is 83.9 Å². The van der Waals surface area contributed by atoms with Crippen LogP contribution >= 0.6 is 11.6 Å². The summed E-state index contributed by atoms with van der Waals surface area (Å²) in [7, 11) is -3.38. The van der Waals surface area contributed by atoms with Gasteiger partial charge in [-0.1, -0.05) is 11.6 Å². The molecule has 164 valence electrons. The highest BCUT2D eigenvalue weighted by atomic mass is 35.5.